The molecule has 5 N–H and O–H groups in total. The molecular formula is C10H19N5O. The van der Waals surface area contributed by atoms with Gasteiger partial charge in [-0.25, -0.2) is 5.43 Å². The number of guanidine groups is 1. The molecule has 6 nitrogen and oxygen atoms in total. The molecule has 0 unspecified atom stereocenters. The fourth-order valence-electron chi connectivity index (χ4n) is 1.26. The molecule has 0 rings (SSSR count). The van der Waals surface area contributed by atoms with Crippen molar-refractivity contribution in [3.63, 3.8) is 0 Å². The second kappa shape index (κ2) is 5.89. The molecule has 1 amide bonds. The van der Waals surface area contributed by atoms with E-state index in [1.165, 1.54) is 6.08 Å². The van der Waals surface area contributed by atoms with E-state index < -0.39 is 5.54 Å². The van der Waals surface area contributed by atoms with Gasteiger partial charge in [0.05, 0.1) is 0 Å². The van der Waals surface area contributed by atoms with Crippen molar-refractivity contribution in [3.05, 3.63) is 12.7 Å². The van der Waals surface area contributed by atoms with Gasteiger partial charge in [-0.1, -0.05) is 6.58 Å². The van der Waals surface area contributed by atoms with Crippen molar-refractivity contribution in [2.75, 3.05) is 0 Å². The van der Waals surface area contributed by atoms with Crippen LogP contribution in [-0.4, -0.2) is 23.1 Å². The van der Waals surface area contributed by atoms with Gasteiger partial charge < -0.3 is 11.1 Å². The third kappa shape index (κ3) is 6.58. The maximum absolute atomic E-state index is 11.1. The van der Waals surface area contributed by atoms with Crippen molar-refractivity contribution < 1.29 is 4.79 Å². The van der Waals surface area contributed by atoms with E-state index in [2.05, 4.69) is 22.4 Å². The Morgan fingerprint density at radius 2 is 2.19 bits per heavy atom. The highest BCUT2D eigenvalue weighted by molar-refractivity contribution is 5.89. The Labute approximate surface area is 95.5 Å². The molecule has 0 aliphatic heterocycles. The quantitative estimate of drug-likeness (QED) is 0.234. The predicted molar refractivity (Wildman–Crippen MR) is 65.2 cm³/mol. The summed E-state index contributed by atoms with van der Waals surface area (Å²) in [6, 6.07) is 0. The van der Waals surface area contributed by atoms with E-state index in [1.807, 2.05) is 13.8 Å². The monoisotopic (exact) mass is 225 g/mol. The normalized spacial score (nSPS) is 11.8. The Morgan fingerprint density at radius 1 is 1.62 bits per heavy atom. The van der Waals surface area contributed by atoms with E-state index in [1.54, 1.807) is 6.92 Å². The Bertz CT molecular complexity index is 319. The average molecular weight is 225 g/mol. The van der Waals surface area contributed by atoms with Gasteiger partial charge in [-0.3, -0.25) is 10.2 Å². The van der Waals surface area contributed by atoms with Crippen molar-refractivity contribution in [1.29, 1.82) is 5.41 Å². The maximum Gasteiger partial charge on any atom is 0.243 e. The molecule has 0 saturated carbocycles. The van der Waals surface area contributed by atoms with Gasteiger partial charge in [0.15, 0.2) is 0 Å². The van der Waals surface area contributed by atoms with Crippen LogP contribution in [0.4, 0.5) is 0 Å². The predicted octanol–water partition coefficient (Wildman–Crippen LogP) is 0.316. The molecule has 16 heavy (non-hydrogen) atoms. The van der Waals surface area contributed by atoms with Gasteiger partial charge in [0.1, 0.15) is 0 Å². The largest absolute Gasteiger partial charge is 0.369 e. The van der Waals surface area contributed by atoms with E-state index in [9.17, 15) is 4.79 Å². The molecule has 90 valence electrons. The van der Waals surface area contributed by atoms with E-state index in [-0.39, 0.29) is 11.9 Å². The zero-order valence-electron chi connectivity index (χ0n) is 9.92. The van der Waals surface area contributed by atoms with Crippen LogP contribution in [0.3, 0.4) is 0 Å². The summed E-state index contributed by atoms with van der Waals surface area (Å²) in [6.07, 6.45) is 1.77. The van der Waals surface area contributed by atoms with Crippen LogP contribution in [0.25, 0.3) is 0 Å². The van der Waals surface area contributed by atoms with Crippen LogP contribution in [0.15, 0.2) is 17.8 Å². The maximum atomic E-state index is 11.1. The first kappa shape index (κ1) is 14.2. The van der Waals surface area contributed by atoms with E-state index in [4.69, 9.17) is 11.1 Å². The van der Waals surface area contributed by atoms with Gasteiger partial charge in [-0.05, 0) is 26.8 Å². The fraction of sp³-hybridized carbons (Fsp3) is 0.500. The Morgan fingerprint density at radius 3 is 2.62 bits per heavy atom. The zero-order chi connectivity index (χ0) is 12.8. The molecule has 6 heteroatoms. The van der Waals surface area contributed by atoms with Crippen molar-refractivity contribution in [1.82, 2.24) is 10.7 Å². The van der Waals surface area contributed by atoms with Gasteiger partial charge in [-0.15, -0.1) is 0 Å². The van der Waals surface area contributed by atoms with Crippen LogP contribution in [-0.2, 0) is 4.79 Å². The van der Waals surface area contributed by atoms with Crippen LogP contribution in [0.5, 0.6) is 0 Å². The summed E-state index contributed by atoms with van der Waals surface area (Å²) in [7, 11) is 0. The molecule has 0 spiro atoms. The Balaban J connectivity index is 4.34. The van der Waals surface area contributed by atoms with Gasteiger partial charge in [0.25, 0.3) is 0 Å². The van der Waals surface area contributed by atoms with Crippen molar-refractivity contribution in [2.24, 2.45) is 10.8 Å². The minimum absolute atomic E-state index is 0.215. The van der Waals surface area contributed by atoms with Gasteiger partial charge in [-0.2, -0.15) is 5.10 Å². The van der Waals surface area contributed by atoms with Gasteiger partial charge in [0.2, 0.25) is 11.9 Å². The molecular weight excluding hydrogens is 206 g/mol. The molecule has 0 atom stereocenters. The summed E-state index contributed by atoms with van der Waals surface area (Å²) in [5.74, 6) is -0.440. The van der Waals surface area contributed by atoms with Crippen LogP contribution in [0.1, 0.15) is 27.2 Å². The number of carbonyl (C=O) groups is 1. The topological polar surface area (TPSA) is 103 Å². The lowest BCUT2D eigenvalue weighted by Crippen LogP contribution is -2.44. The number of rotatable bonds is 5. The molecule has 0 aromatic heterocycles. The highest BCUT2D eigenvalue weighted by Gasteiger charge is 2.20. The third-order valence-corrected chi connectivity index (χ3v) is 1.71. The lowest BCUT2D eigenvalue weighted by Gasteiger charge is -2.25. The molecule has 0 saturated heterocycles. The zero-order valence-corrected chi connectivity index (χ0v) is 9.92. The summed E-state index contributed by atoms with van der Waals surface area (Å²) in [5, 5.41) is 13.6. The summed E-state index contributed by atoms with van der Waals surface area (Å²) < 4.78 is 0. The number of carbonyl (C=O) groups excluding carboxylic acids is 1. The minimum atomic E-state index is -0.419. The second-order valence-electron chi connectivity index (χ2n) is 4.13. The number of hydrazone groups is 1. The van der Waals surface area contributed by atoms with Crippen molar-refractivity contribution >= 4 is 17.6 Å². The first-order valence-electron chi connectivity index (χ1n) is 4.84. The molecule has 0 bridgehead atoms. The Hall–Kier alpha value is -1.85. The molecule has 0 radical (unpaired) electrons. The highest BCUT2D eigenvalue weighted by Crippen LogP contribution is 2.09. The number of nitrogens with two attached hydrogens (primary N) is 1. The molecule has 0 fully saturated rings. The van der Waals surface area contributed by atoms with Crippen LogP contribution >= 0.6 is 0 Å². The molecule has 0 aromatic carbocycles. The van der Waals surface area contributed by atoms with E-state index in [0.717, 1.165) is 5.71 Å². The average Bonchev–Trinajstić information content (AvgIpc) is 2.13. The number of amides is 1. The minimum Gasteiger partial charge on any atom is -0.369 e. The molecule has 0 aliphatic rings. The highest BCUT2D eigenvalue weighted by atomic mass is 16.1. The van der Waals surface area contributed by atoms with Gasteiger partial charge in [0, 0.05) is 17.7 Å². The first-order chi connectivity index (χ1) is 7.26. The van der Waals surface area contributed by atoms with Crippen molar-refractivity contribution in [2.45, 2.75) is 32.7 Å². The number of nitrogens with zero attached hydrogens (tertiary/aromatic N) is 1. The molecule has 0 heterocycles. The first-order valence-corrected chi connectivity index (χ1v) is 4.84. The standard InChI is InChI=1S/C10H19N5O/c1-5-8(16)13-10(3,4)6-7(2)14-15-9(11)12/h5H,1,6H2,2-4H3,(H,13,16)(H4,11,12,15). The van der Waals surface area contributed by atoms with Crippen LogP contribution < -0.4 is 16.5 Å². The summed E-state index contributed by atoms with van der Waals surface area (Å²) >= 11 is 0. The number of nitrogens with one attached hydrogen (secondary N) is 3. The molecule has 0 aromatic rings. The van der Waals surface area contributed by atoms with Crippen molar-refractivity contribution in [3.8, 4) is 0 Å². The summed E-state index contributed by atoms with van der Waals surface area (Å²) in [6.45, 7) is 8.93. The Kier molecular flexibility index (Phi) is 5.21. The van der Waals surface area contributed by atoms with E-state index in [0.29, 0.717) is 6.42 Å². The second-order valence-corrected chi connectivity index (χ2v) is 4.13. The van der Waals surface area contributed by atoms with Crippen LogP contribution in [0, 0.1) is 5.41 Å². The van der Waals surface area contributed by atoms with E-state index >= 15 is 0 Å². The van der Waals surface area contributed by atoms with Gasteiger partial charge >= 0.3 is 0 Å². The smallest absolute Gasteiger partial charge is 0.243 e. The summed E-state index contributed by atoms with van der Waals surface area (Å²) in [5.41, 5.74) is 7.76. The molecule has 0 aliphatic carbocycles. The summed E-state index contributed by atoms with van der Waals surface area (Å²) in [4.78, 5) is 11.1. The lowest BCUT2D eigenvalue weighted by atomic mass is 9.98. The van der Waals surface area contributed by atoms with Crippen LogP contribution in [0.2, 0.25) is 0 Å². The SMILES string of the molecule is C=CC(=O)NC(C)(C)CC(C)=NNC(=N)N. The third-order valence-electron chi connectivity index (χ3n) is 1.71. The lowest BCUT2D eigenvalue weighted by molar-refractivity contribution is -0.117. The number of hydrogen-bond acceptors (Lipinski definition) is 3. The number of hydrogen-bond donors (Lipinski definition) is 4. The fourth-order valence-corrected chi connectivity index (χ4v) is 1.26.